The number of nitrogens with one attached hydrogen (secondary N) is 2. The highest BCUT2D eigenvalue weighted by Crippen LogP contribution is 2.21. The lowest BCUT2D eigenvalue weighted by Crippen LogP contribution is -2.45. The van der Waals surface area contributed by atoms with Crippen LogP contribution < -0.4 is 20.3 Å². The second-order valence-corrected chi connectivity index (χ2v) is 7.16. The first-order chi connectivity index (χ1) is 12.8. The topological polar surface area (TPSA) is 76.7 Å². The Bertz CT molecular complexity index is 791. The summed E-state index contributed by atoms with van der Waals surface area (Å²) < 4.78 is 11.7. The molecule has 2 aromatic carbocycles. The van der Waals surface area contributed by atoms with Gasteiger partial charge in [-0.2, -0.15) is 0 Å². The first-order valence-electron chi connectivity index (χ1n) is 8.54. The van der Waals surface area contributed by atoms with Crippen molar-refractivity contribution >= 4 is 27.7 Å². The molecular weight excluding hydrogens is 412 g/mol. The number of amides is 2. The van der Waals surface area contributed by atoms with E-state index in [9.17, 15) is 9.59 Å². The average molecular weight is 435 g/mol. The molecular formula is C20H23BrN2O4. The van der Waals surface area contributed by atoms with E-state index in [1.54, 1.807) is 6.07 Å². The van der Waals surface area contributed by atoms with Gasteiger partial charge >= 0.3 is 0 Å². The SMILES string of the molecule is Cc1cc(OCC(=O)NNC(=O)COc2ccc(C(C)C)cc2)ccc1Br. The molecule has 6 nitrogen and oxygen atoms in total. The van der Waals surface area contributed by atoms with Crippen LogP contribution in [0.3, 0.4) is 0 Å². The third kappa shape index (κ3) is 6.94. The van der Waals surface area contributed by atoms with Crippen molar-refractivity contribution in [2.75, 3.05) is 13.2 Å². The fourth-order valence-corrected chi connectivity index (χ4v) is 2.41. The van der Waals surface area contributed by atoms with E-state index in [4.69, 9.17) is 9.47 Å². The molecule has 0 saturated carbocycles. The quantitative estimate of drug-likeness (QED) is 0.653. The maximum Gasteiger partial charge on any atom is 0.276 e. The summed E-state index contributed by atoms with van der Waals surface area (Å²) in [4.78, 5) is 23.5. The summed E-state index contributed by atoms with van der Waals surface area (Å²) in [7, 11) is 0. The van der Waals surface area contributed by atoms with Gasteiger partial charge in [0.25, 0.3) is 11.8 Å². The highest BCUT2D eigenvalue weighted by molar-refractivity contribution is 9.10. The fraction of sp³-hybridized carbons (Fsp3) is 0.300. The van der Waals surface area contributed by atoms with Gasteiger partial charge in [0.1, 0.15) is 11.5 Å². The third-order valence-electron chi connectivity index (χ3n) is 3.76. The van der Waals surface area contributed by atoms with Crippen LogP contribution in [0.5, 0.6) is 11.5 Å². The van der Waals surface area contributed by atoms with E-state index < -0.39 is 11.8 Å². The molecule has 0 heterocycles. The number of benzene rings is 2. The van der Waals surface area contributed by atoms with E-state index in [0.717, 1.165) is 10.0 Å². The number of hydrogen-bond acceptors (Lipinski definition) is 4. The molecule has 0 aliphatic rings. The van der Waals surface area contributed by atoms with E-state index in [1.165, 1.54) is 5.56 Å². The lowest BCUT2D eigenvalue weighted by molar-refractivity contribution is -0.131. The van der Waals surface area contributed by atoms with Crippen LogP contribution in [0.2, 0.25) is 0 Å². The van der Waals surface area contributed by atoms with Gasteiger partial charge in [0.2, 0.25) is 0 Å². The Kier molecular flexibility index (Phi) is 7.67. The van der Waals surface area contributed by atoms with Crippen molar-refractivity contribution in [1.29, 1.82) is 0 Å². The Morgan fingerprint density at radius 2 is 1.44 bits per heavy atom. The van der Waals surface area contributed by atoms with Crippen molar-refractivity contribution in [2.45, 2.75) is 26.7 Å². The van der Waals surface area contributed by atoms with E-state index in [2.05, 4.69) is 40.6 Å². The zero-order valence-corrected chi connectivity index (χ0v) is 17.1. The largest absolute Gasteiger partial charge is 0.484 e. The molecule has 0 fully saturated rings. The first kappa shape index (κ1) is 20.8. The van der Waals surface area contributed by atoms with Crippen molar-refractivity contribution in [3.63, 3.8) is 0 Å². The Balaban J connectivity index is 1.68. The highest BCUT2D eigenvalue weighted by atomic mass is 79.9. The molecule has 0 aliphatic heterocycles. The second kappa shape index (κ2) is 9.97. The predicted octanol–water partition coefficient (Wildman–Crippen LogP) is 3.49. The van der Waals surface area contributed by atoms with Gasteiger partial charge in [0, 0.05) is 4.47 Å². The van der Waals surface area contributed by atoms with Crippen molar-refractivity contribution in [2.24, 2.45) is 0 Å². The Morgan fingerprint density at radius 1 is 0.926 bits per heavy atom. The Labute approximate surface area is 167 Å². The molecule has 2 rings (SSSR count). The molecule has 0 atom stereocenters. The van der Waals surface area contributed by atoms with Gasteiger partial charge in [-0.15, -0.1) is 0 Å². The van der Waals surface area contributed by atoms with Gasteiger partial charge in [-0.25, -0.2) is 0 Å². The van der Waals surface area contributed by atoms with Crippen LogP contribution in [-0.2, 0) is 9.59 Å². The van der Waals surface area contributed by atoms with Crippen LogP contribution in [0.4, 0.5) is 0 Å². The number of hydrogen-bond donors (Lipinski definition) is 2. The van der Waals surface area contributed by atoms with E-state index in [-0.39, 0.29) is 13.2 Å². The summed E-state index contributed by atoms with van der Waals surface area (Å²) >= 11 is 3.40. The minimum Gasteiger partial charge on any atom is -0.484 e. The van der Waals surface area contributed by atoms with E-state index in [1.807, 2.05) is 43.3 Å². The van der Waals surface area contributed by atoms with E-state index in [0.29, 0.717) is 17.4 Å². The van der Waals surface area contributed by atoms with Gasteiger partial charge < -0.3 is 9.47 Å². The minimum atomic E-state index is -0.467. The molecule has 0 aromatic heterocycles. The normalized spacial score (nSPS) is 10.4. The Morgan fingerprint density at radius 3 is 1.96 bits per heavy atom. The van der Waals surface area contributed by atoms with Gasteiger partial charge in [-0.3, -0.25) is 20.4 Å². The molecule has 0 spiro atoms. The lowest BCUT2D eigenvalue weighted by Gasteiger charge is -2.11. The number of ether oxygens (including phenoxy) is 2. The molecule has 0 saturated heterocycles. The number of hydrazine groups is 1. The van der Waals surface area contributed by atoms with Gasteiger partial charge in [-0.05, 0) is 54.3 Å². The summed E-state index contributed by atoms with van der Waals surface area (Å²) in [5.41, 5.74) is 6.77. The summed E-state index contributed by atoms with van der Waals surface area (Å²) in [6.07, 6.45) is 0. The number of aryl methyl sites for hydroxylation is 1. The molecule has 0 bridgehead atoms. The molecule has 2 amide bonds. The zero-order valence-electron chi connectivity index (χ0n) is 15.5. The Hall–Kier alpha value is -2.54. The maximum atomic E-state index is 11.8. The predicted molar refractivity (Wildman–Crippen MR) is 107 cm³/mol. The van der Waals surface area contributed by atoms with Gasteiger partial charge in [0.15, 0.2) is 13.2 Å². The molecule has 2 N–H and O–H groups in total. The van der Waals surface area contributed by atoms with Crippen molar-refractivity contribution < 1.29 is 19.1 Å². The molecule has 2 aromatic rings. The van der Waals surface area contributed by atoms with E-state index >= 15 is 0 Å². The van der Waals surface area contributed by atoms with Crippen LogP contribution in [0.15, 0.2) is 46.9 Å². The number of carbonyl (C=O) groups excluding carboxylic acids is 2. The number of rotatable bonds is 7. The first-order valence-corrected chi connectivity index (χ1v) is 9.34. The molecule has 0 radical (unpaired) electrons. The highest BCUT2D eigenvalue weighted by Gasteiger charge is 2.07. The summed E-state index contributed by atoms with van der Waals surface area (Å²) in [6.45, 7) is 5.72. The molecule has 0 unspecified atom stereocenters. The molecule has 144 valence electrons. The molecule has 27 heavy (non-hydrogen) atoms. The zero-order chi connectivity index (χ0) is 19.8. The van der Waals surface area contributed by atoms with Crippen LogP contribution in [-0.4, -0.2) is 25.0 Å². The fourth-order valence-electron chi connectivity index (χ4n) is 2.17. The van der Waals surface area contributed by atoms with Gasteiger partial charge in [0.05, 0.1) is 0 Å². The smallest absolute Gasteiger partial charge is 0.276 e. The number of carbonyl (C=O) groups is 2. The third-order valence-corrected chi connectivity index (χ3v) is 4.65. The standard InChI is InChI=1S/C20H23BrN2O4/c1-13(2)15-4-6-16(7-5-15)26-11-19(24)22-23-20(25)12-27-17-8-9-18(21)14(3)10-17/h4-10,13H,11-12H2,1-3H3,(H,22,24)(H,23,25). The summed E-state index contributed by atoms with van der Waals surface area (Å²) in [5.74, 6) is 0.669. The summed E-state index contributed by atoms with van der Waals surface area (Å²) in [6, 6.07) is 13.0. The van der Waals surface area contributed by atoms with Crippen LogP contribution in [0, 0.1) is 6.92 Å². The van der Waals surface area contributed by atoms with Gasteiger partial charge in [-0.1, -0.05) is 41.9 Å². The van der Waals surface area contributed by atoms with Crippen molar-refractivity contribution in [3.05, 3.63) is 58.1 Å². The average Bonchev–Trinajstić information content (AvgIpc) is 2.66. The molecule has 0 aliphatic carbocycles. The van der Waals surface area contributed by atoms with Crippen LogP contribution in [0.1, 0.15) is 30.9 Å². The van der Waals surface area contributed by atoms with Crippen molar-refractivity contribution in [1.82, 2.24) is 10.9 Å². The maximum absolute atomic E-state index is 11.8. The van der Waals surface area contributed by atoms with Crippen molar-refractivity contribution in [3.8, 4) is 11.5 Å². The minimum absolute atomic E-state index is 0.200. The van der Waals surface area contributed by atoms with Crippen LogP contribution in [0.25, 0.3) is 0 Å². The molecule has 7 heteroatoms. The lowest BCUT2D eigenvalue weighted by atomic mass is 10.0. The second-order valence-electron chi connectivity index (χ2n) is 6.31. The monoisotopic (exact) mass is 434 g/mol. The number of halogens is 1. The van der Waals surface area contributed by atoms with Crippen LogP contribution >= 0.6 is 15.9 Å². The summed E-state index contributed by atoms with van der Waals surface area (Å²) in [5, 5.41) is 0.